The first-order chi connectivity index (χ1) is 9.36. The Balaban J connectivity index is 3.04. The van der Waals surface area contributed by atoms with Crippen molar-refractivity contribution in [3.63, 3.8) is 0 Å². The van der Waals surface area contributed by atoms with E-state index in [1.165, 1.54) is 6.07 Å². The molecule has 0 radical (unpaired) electrons. The number of amides is 1. The first-order valence-electron chi connectivity index (χ1n) is 6.44. The zero-order chi connectivity index (χ0) is 15.3. The maximum absolute atomic E-state index is 11.8. The number of hydrogen-bond donors (Lipinski definition) is 2. The van der Waals surface area contributed by atoms with Gasteiger partial charge in [-0.15, -0.1) is 0 Å². The number of carbonyl (C=O) groups is 1. The third kappa shape index (κ3) is 3.84. The van der Waals surface area contributed by atoms with Gasteiger partial charge in [-0.25, -0.2) is 0 Å². The maximum atomic E-state index is 11.8. The van der Waals surface area contributed by atoms with Gasteiger partial charge in [0.15, 0.2) is 0 Å². The van der Waals surface area contributed by atoms with Gasteiger partial charge < -0.3 is 16.0 Å². The van der Waals surface area contributed by atoms with Crippen LogP contribution in [0.25, 0.3) is 0 Å². The Morgan fingerprint density at radius 1 is 1.50 bits per heavy atom. The van der Waals surface area contributed by atoms with Crippen molar-refractivity contribution in [2.45, 2.75) is 26.8 Å². The molecule has 0 aromatic heterocycles. The Morgan fingerprint density at radius 2 is 2.15 bits per heavy atom. The average Bonchev–Trinajstić information content (AvgIpc) is 2.34. The molecule has 0 aliphatic carbocycles. The third-order valence-corrected chi connectivity index (χ3v) is 2.74. The summed E-state index contributed by atoms with van der Waals surface area (Å²) in [5.74, 6) is -0.182. The minimum Gasteiger partial charge on any atom is -0.393 e. The molecule has 0 heterocycles. The summed E-state index contributed by atoms with van der Waals surface area (Å²) < 4.78 is 0. The number of nitrogens with two attached hydrogens (primary N) is 1. The Kier molecular flexibility index (Phi) is 5.31. The van der Waals surface area contributed by atoms with Gasteiger partial charge in [0.25, 0.3) is 0 Å². The van der Waals surface area contributed by atoms with E-state index in [1.54, 1.807) is 17.0 Å². The highest BCUT2D eigenvalue weighted by Gasteiger charge is 2.23. The number of nitrogen functional groups attached to an aromatic ring is 1. The van der Waals surface area contributed by atoms with E-state index in [0.717, 1.165) is 0 Å². The second-order valence-electron chi connectivity index (χ2n) is 4.71. The number of nitro groups is 1. The highest BCUT2D eigenvalue weighted by Crippen LogP contribution is 2.33. The molecule has 1 rings (SSSR count). The zero-order valence-electron chi connectivity index (χ0n) is 11.9. The molecule has 110 valence electrons. The third-order valence-electron chi connectivity index (χ3n) is 2.74. The van der Waals surface area contributed by atoms with Crippen LogP contribution in [0.4, 0.5) is 17.1 Å². The van der Waals surface area contributed by atoms with Crippen LogP contribution >= 0.6 is 0 Å². The van der Waals surface area contributed by atoms with E-state index in [2.05, 4.69) is 5.32 Å². The number of rotatable bonds is 6. The van der Waals surface area contributed by atoms with Crippen molar-refractivity contribution in [2.75, 3.05) is 23.7 Å². The highest BCUT2D eigenvalue weighted by molar-refractivity contribution is 5.84. The lowest BCUT2D eigenvalue weighted by Crippen LogP contribution is -2.40. The number of anilines is 2. The molecule has 1 amide bonds. The summed E-state index contributed by atoms with van der Waals surface area (Å²) in [7, 11) is 0. The van der Waals surface area contributed by atoms with Gasteiger partial charge >= 0.3 is 5.69 Å². The number of benzene rings is 1. The van der Waals surface area contributed by atoms with Crippen LogP contribution in [0.5, 0.6) is 0 Å². The number of nitro benzene ring substituents is 1. The minimum atomic E-state index is -0.520. The number of hydrogen-bond acceptors (Lipinski definition) is 5. The molecule has 0 unspecified atom stereocenters. The summed E-state index contributed by atoms with van der Waals surface area (Å²) in [6, 6.07) is 4.74. The summed E-state index contributed by atoms with van der Waals surface area (Å²) in [4.78, 5) is 24.0. The van der Waals surface area contributed by atoms with Crippen molar-refractivity contribution in [1.82, 2.24) is 5.32 Å². The van der Waals surface area contributed by atoms with Gasteiger partial charge in [-0.1, -0.05) is 6.07 Å². The van der Waals surface area contributed by atoms with Gasteiger partial charge in [-0.05, 0) is 32.9 Å². The summed E-state index contributed by atoms with van der Waals surface area (Å²) in [5, 5.41) is 13.9. The molecule has 7 heteroatoms. The first-order valence-corrected chi connectivity index (χ1v) is 6.44. The van der Waals surface area contributed by atoms with Gasteiger partial charge in [-0.2, -0.15) is 0 Å². The molecule has 1 aromatic carbocycles. The maximum Gasteiger partial charge on any atom is 0.315 e. The minimum absolute atomic E-state index is 0.0250. The molecule has 0 aliphatic rings. The fourth-order valence-corrected chi connectivity index (χ4v) is 1.91. The van der Waals surface area contributed by atoms with Crippen molar-refractivity contribution in [3.8, 4) is 0 Å². The van der Waals surface area contributed by atoms with Gasteiger partial charge in [-0.3, -0.25) is 14.9 Å². The number of nitrogens with one attached hydrogen (secondary N) is 1. The van der Waals surface area contributed by atoms with Crippen LogP contribution in [0.1, 0.15) is 20.8 Å². The van der Waals surface area contributed by atoms with E-state index in [0.29, 0.717) is 12.2 Å². The zero-order valence-corrected chi connectivity index (χ0v) is 11.9. The van der Waals surface area contributed by atoms with Gasteiger partial charge in [0, 0.05) is 12.6 Å². The Morgan fingerprint density at radius 3 is 2.65 bits per heavy atom. The van der Waals surface area contributed by atoms with Crippen LogP contribution < -0.4 is 16.0 Å². The fraction of sp³-hybridized carbons (Fsp3) is 0.462. The van der Waals surface area contributed by atoms with E-state index >= 15 is 0 Å². The average molecular weight is 280 g/mol. The molecular formula is C13H20N4O3. The van der Waals surface area contributed by atoms with Crippen LogP contribution in [0.15, 0.2) is 18.2 Å². The normalized spacial score (nSPS) is 10.4. The molecule has 1 aromatic rings. The number of likely N-dealkylation sites (N-methyl/N-ethyl adjacent to an activating group) is 1. The molecule has 3 N–H and O–H groups in total. The number of nitrogens with zero attached hydrogens (tertiary/aromatic N) is 2. The van der Waals surface area contributed by atoms with Crippen molar-refractivity contribution in [1.29, 1.82) is 0 Å². The quantitative estimate of drug-likeness (QED) is 0.467. The molecule has 7 nitrogen and oxygen atoms in total. The van der Waals surface area contributed by atoms with Crippen LogP contribution in [0.2, 0.25) is 0 Å². The summed E-state index contributed by atoms with van der Waals surface area (Å²) in [6.45, 7) is 6.07. The molecular weight excluding hydrogens is 260 g/mol. The van der Waals surface area contributed by atoms with E-state index in [-0.39, 0.29) is 29.9 Å². The van der Waals surface area contributed by atoms with Gasteiger partial charge in [0.05, 0.1) is 11.5 Å². The predicted octanol–water partition coefficient (Wildman–Crippen LogP) is 1.53. The van der Waals surface area contributed by atoms with Crippen molar-refractivity contribution >= 4 is 23.0 Å². The van der Waals surface area contributed by atoms with E-state index in [1.807, 2.05) is 20.8 Å². The highest BCUT2D eigenvalue weighted by atomic mass is 16.6. The van der Waals surface area contributed by atoms with Gasteiger partial charge in [0.1, 0.15) is 11.4 Å². The second kappa shape index (κ2) is 6.74. The monoisotopic (exact) mass is 280 g/mol. The fourth-order valence-electron chi connectivity index (χ4n) is 1.91. The lowest BCUT2D eigenvalue weighted by atomic mass is 10.2. The lowest BCUT2D eigenvalue weighted by Gasteiger charge is -2.23. The molecule has 0 bridgehead atoms. The Hall–Kier alpha value is -2.31. The smallest absolute Gasteiger partial charge is 0.315 e. The summed E-state index contributed by atoms with van der Waals surface area (Å²) in [5.41, 5.74) is 5.95. The summed E-state index contributed by atoms with van der Waals surface area (Å²) in [6.07, 6.45) is 0. The molecule has 0 saturated carbocycles. The standard InChI is InChI=1S/C13H20N4O3/c1-4-16(8-12(18)15-9(2)3)11-7-5-6-10(14)13(11)17(19)20/h5-7,9H,4,8,14H2,1-3H3,(H,15,18). The van der Waals surface area contributed by atoms with E-state index < -0.39 is 4.92 Å². The first kappa shape index (κ1) is 15.7. The van der Waals surface area contributed by atoms with E-state index in [4.69, 9.17) is 5.73 Å². The molecule has 0 saturated heterocycles. The molecule has 20 heavy (non-hydrogen) atoms. The SMILES string of the molecule is CCN(CC(=O)NC(C)C)c1cccc(N)c1[N+](=O)[O-]. The van der Waals surface area contributed by atoms with Crippen LogP contribution in [-0.2, 0) is 4.79 Å². The molecule has 0 aliphatic heterocycles. The Bertz CT molecular complexity index is 502. The van der Waals surface area contributed by atoms with Gasteiger partial charge in [0.2, 0.25) is 5.91 Å². The largest absolute Gasteiger partial charge is 0.393 e. The van der Waals surface area contributed by atoms with Crippen molar-refractivity contribution in [3.05, 3.63) is 28.3 Å². The van der Waals surface area contributed by atoms with Crippen LogP contribution in [-0.4, -0.2) is 30.0 Å². The van der Waals surface area contributed by atoms with Crippen molar-refractivity contribution in [2.24, 2.45) is 0 Å². The molecule has 0 fully saturated rings. The lowest BCUT2D eigenvalue weighted by molar-refractivity contribution is -0.383. The predicted molar refractivity (Wildman–Crippen MR) is 78.7 cm³/mol. The van der Waals surface area contributed by atoms with Crippen LogP contribution in [0.3, 0.4) is 0 Å². The van der Waals surface area contributed by atoms with E-state index in [9.17, 15) is 14.9 Å². The summed E-state index contributed by atoms with van der Waals surface area (Å²) >= 11 is 0. The molecule has 0 spiro atoms. The number of para-hydroxylation sites is 1. The topological polar surface area (TPSA) is 102 Å². The Labute approximate surface area is 117 Å². The number of carbonyl (C=O) groups excluding carboxylic acids is 1. The van der Waals surface area contributed by atoms with Crippen molar-refractivity contribution < 1.29 is 9.72 Å². The van der Waals surface area contributed by atoms with Crippen LogP contribution in [0, 0.1) is 10.1 Å². The molecule has 0 atom stereocenters. The second-order valence-corrected chi connectivity index (χ2v) is 4.71.